The third-order valence-electron chi connectivity index (χ3n) is 6.51. The molecule has 0 saturated carbocycles. The van der Waals surface area contributed by atoms with Crippen LogP contribution in [0.25, 0.3) is 0 Å². The summed E-state index contributed by atoms with van der Waals surface area (Å²) in [5, 5.41) is 3.22. The monoisotopic (exact) mass is 385 g/mol. The average molecular weight is 386 g/mol. The molecule has 4 aliphatic rings. The Morgan fingerprint density at radius 3 is 2.39 bits per heavy atom. The predicted octanol–water partition coefficient (Wildman–Crippen LogP) is 2.97. The molecule has 154 valence electrons. The number of carbonyl (C=O) groups excluding carboxylic acids is 1. The van der Waals surface area contributed by atoms with E-state index in [-0.39, 0.29) is 5.92 Å². The van der Waals surface area contributed by atoms with Gasteiger partial charge in [0, 0.05) is 51.0 Å². The van der Waals surface area contributed by atoms with E-state index in [1.54, 1.807) is 0 Å². The van der Waals surface area contributed by atoms with Gasteiger partial charge in [-0.15, -0.1) is 0 Å². The molecule has 0 unspecified atom stereocenters. The number of fused-ring (bicyclic) bond motifs is 1. The van der Waals surface area contributed by atoms with E-state index < -0.39 is 0 Å². The fourth-order valence-corrected chi connectivity index (χ4v) is 4.73. The minimum atomic E-state index is 0.173. The minimum Gasteiger partial charge on any atom is -0.381 e. The van der Waals surface area contributed by atoms with E-state index in [4.69, 9.17) is 4.74 Å². The lowest BCUT2D eigenvalue weighted by Crippen LogP contribution is -2.41. The average Bonchev–Trinajstić information content (AvgIpc) is 3.50. The summed E-state index contributed by atoms with van der Waals surface area (Å²) in [4.78, 5) is 17.3. The lowest BCUT2D eigenvalue weighted by molar-refractivity contribution is -0.139. The van der Waals surface area contributed by atoms with Crippen LogP contribution in [0.3, 0.4) is 0 Å². The molecule has 3 saturated heterocycles. The first-order valence-corrected chi connectivity index (χ1v) is 11.3. The van der Waals surface area contributed by atoms with Crippen LogP contribution in [-0.2, 0) is 22.5 Å². The number of anilines is 1. The van der Waals surface area contributed by atoms with Crippen molar-refractivity contribution in [3.63, 3.8) is 0 Å². The van der Waals surface area contributed by atoms with E-state index in [1.165, 1.54) is 68.7 Å². The van der Waals surface area contributed by atoms with Crippen LogP contribution < -0.4 is 10.2 Å². The third kappa shape index (κ3) is 4.87. The minimum absolute atomic E-state index is 0.173. The Morgan fingerprint density at radius 1 is 0.964 bits per heavy atom. The zero-order chi connectivity index (χ0) is 19.2. The molecular weight excluding hydrogens is 350 g/mol. The quantitative estimate of drug-likeness (QED) is 0.850. The molecule has 1 N–H and O–H groups in total. The molecule has 0 bridgehead atoms. The van der Waals surface area contributed by atoms with Crippen LogP contribution in [0.1, 0.15) is 49.7 Å². The van der Waals surface area contributed by atoms with Crippen molar-refractivity contribution in [3.8, 4) is 0 Å². The molecule has 5 heteroatoms. The maximum Gasteiger partial charge on any atom is 0.226 e. The molecule has 5 nitrogen and oxygen atoms in total. The van der Waals surface area contributed by atoms with Gasteiger partial charge in [-0.25, -0.2) is 0 Å². The second-order valence-electron chi connectivity index (χ2n) is 8.50. The van der Waals surface area contributed by atoms with Gasteiger partial charge in [0.05, 0.1) is 0 Å². The first-order chi connectivity index (χ1) is 13.8. The van der Waals surface area contributed by atoms with Crippen molar-refractivity contribution < 1.29 is 9.53 Å². The summed E-state index contributed by atoms with van der Waals surface area (Å²) >= 11 is 0. The van der Waals surface area contributed by atoms with Gasteiger partial charge in [-0.05, 0) is 81.3 Å². The van der Waals surface area contributed by atoms with Gasteiger partial charge < -0.3 is 19.9 Å². The summed E-state index contributed by atoms with van der Waals surface area (Å²) in [6.07, 6.45) is 8.13. The Morgan fingerprint density at radius 2 is 1.71 bits per heavy atom. The molecule has 0 atom stereocenters. The Balaban J connectivity index is 0.000000336. The molecule has 3 fully saturated rings. The largest absolute Gasteiger partial charge is 0.381 e. The highest BCUT2D eigenvalue weighted by Crippen LogP contribution is 2.28. The number of nitrogens with zero attached hydrogens (tertiary/aromatic N) is 2. The Hall–Kier alpha value is -1.59. The zero-order valence-electron chi connectivity index (χ0n) is 17.1. The van der Waals surface area contributed by atoms with Crippen LogP contribution in [0, 0.1) is 5.92 Å². The normalized spacial score (nSPS) is 22.6. The summed E-state index contributed by atoms with van der Waals surface area (Å²) in [6, 6.07) is 6.86. The van der Waals surface area contributed by atoms with E-state index in [0.717, 1.165) is 45.6 Å². The summed E-state index contributed by atoms with van der Waals surface area (Å²) in [7, 11) is 0. The highest BCUT2D eigenvalue weighted by atomic mass is 16.5. The standard InChI is InChI=1S/C19H26N2O2.C4H9N/c22-19(16-6-11-23-12-7-16)21-10-5-15-3-4-18(13-17(15)14-21)20-8-1-2-9-20;1-2-4-5-3-1/h3-4,13,16H,1-2,5-12,14H2;5H,1-4H2. The molecule has 0 radical (unpaired) electrons. The number of hydrogen-bond donors (Lipinski definition) is 1. The number of benzene rings is 1. The van der Waals surface area contributed by atoms with Crippen LogP contribution in [0.5, 0.6) is 0 Å². The van der Waals surface area contributed by atoms with Crippen LogP contribution >= 0.6 is 0 Å². The van der Waals surface area contributed by atoms with Gasteiger partial charge in [0.1, 0.15) is 0 Å². The van der Waals surface area contributed by atoms with Gasteiger partial charge >= 0.3 is 0 Å². The van der Waals surface area contributed by atoms with E-state index in [2.05, 4.69) is 33.3 Å². The van der Waals surface area contributed by atoms with Gasteiger partial charge in [0.2, 0.25) is 5.91 Å². The maximum atomic E-state index is 12.8. The van der Waals surface area contributed by atoms with Gasteiger partial charge in [0.25, 0.3) is 0 Å². The Bertz CT molecular complexity index is 640. The summed E-state index contributed by atoms with van der Waals surface area (Å²) < 4.78 is 5.39. The molecule has 0 aliphatic carbocycles. The first kappa shape index (κ1) is 19.7. The van der Waals surface area contributed by atoms with Gasteiger partial charge in [-0.3, -0.25) is 4.79 Å². The predicted molar refractivity (Wildman–Crippen MR) is 113 cm³/mol. The SMILES string of the molecule is C1CCNC1.O=C(C1CCOCC1)N1CCc2ccc(N3CCCC3)cc2C1. The van der Waals surface area contributed by atoms with Crippen molar-refractivity contribution in [2.24, 2.45) is 5.92 Å². The molecule has 5 rings (SSSR count). The molecule has 0 spiro atoms. The number of nitrogens with one attached hydrogen (secondary N) is 1. The van der Waals surface area contributed by atoms with Crippen molar-refractivity contribution in [1.29, 1.82) is 0 Å². The first-order valence-electron chi connectivity index (χ1n) is 11.3. The number of amides is 1. The van der Waals surface area contributed by atoms with Crippen molar-refractivity contribution in [3.05, 3.63) is 29.3 Å². The van der Waals surface area contributed by atoms with Crippen LogP contribution in [0.15, 0.2) is 18.2 Å². The van der Waals surface area contributed by atoms with Crippen molar-refractivity contribution in [2.45, 2.75) is 51.5 Å². The summed E-state index contributed by atoms with van der Waals surface area (Å²) in [5.41, 5.74) is 4.10. The smallest absolute Gasteiger partial charge is 0.226 e. The molecule has 28 heavy (non-hydrogen) atoms. The molecule has 1 aromatic carbocycles. The molecule has 4 aliphatic heterocycles. The van der Waals surface area contributed by atoms with E-state index >= 15 is 0 Å². The van der Waals surface area contributed by atoms with Crippen molar-refractivity contribution >= 4 is 11.6 Å². The molecule has 1 amide bonds. The Labute approximate surface area is 169 Å². The maximum absolute atomic E-state index is 12.8. The molecule has 4 heterocycles. The zero-order valence-corrected chi connectivity index (χ0v) is 17.1. The highest BCUT2D eigenvalue weighted by Gasteiger charge is 2.29. The Kier molecular flexibility index (Phi) is 6.86. The van der Waals surface area contributed by atoms with Crippen LogP contribution in [0.2, 0.25) is 0 Å². The topological polar surface area (TPSA) is 44.8 Å². The fraction of sp³-hybridized carbons (Fsp3) is 0.696. The molecule has 1 aromatic rings. The molecule has 0 aromatic heterocycles. The second-order valence-corrected chi connectivity index (χ2v) is 8.50. The fourth-order valence-electron chi connectivity index (χ4n) is 4.73. The lowest BCUT2D eigenvalue weighted by atomic mass is 9.94. The lowest BCUT2D eigenvalue weighted by Gasteiger charge is -2.33. The van der Waals surface area contributed by atoms with Gasteiger partial charge in [-0.1, -0.05) is 6.07 Å². The third-order valence-corrected chi connectivity index (χ3v) is 6.51. The molecular formula is C23H35N3O2. The van der Waals surface area contributed by atoms with Crippen molar-refractivity contribution in [2.75, 3.05) is 50.8 Å². The van der Waals surface area contributed by atoms with E-state index in [0.29, 0.717) is 5.91 Å². The van der Waals surface area contributed by atoms with E-state index in [1.807, 2.05) is 0 Å². The second kappa shape index (κ2) is 9.75. The number of ether oxygens (including phenoxy) is 1. The summed E-state index contributed by atoms with van der Waals surface area (Å²) in [5.74, 6) is 0.512. The van der Waals surface area contributed by atoms with E-state index in [9.17, 15) is 4.79 Å². The number of carbonyl (C=O) groups is 1. The van der Waals surface area contributed by atoms with Crippen molar-refractivity contribution in [1.82, 2.24) is 10.2 Å². The van der Waals surface area contributed by atoms with Gasteiger partial charge in [-0.2, -0.15) is 0 Å². The summed E-state index contributed by atoms with van der Waals surface area (Å²) in [6.45, 7) is 7.96. The van der Waals surface area contributed by atoms with Crippen LogP contribution in [-0.4, -0.2) is 56.7 Å². The number of rotatable bonds is 2. The van der Waals surface area contributed by atoms with Gasteiger partial charge in [0.15, 0.2) is 0 Å². The number of hydrogen-bond acceptors (Lipinski definition) is 4. The van der Waals surface area contributed by atoms with Crippen LogP contribution in [0.4, 0.5) is 5.69 Å². The highest BCUT2D eigenvalue weighted by molar-refractivity contribution is 5.79.